The molecule has 1 aromatic heterocycles. The van der Waals surface area contributed by atoms with Crippen molar-refractivity contribution in [1.82, 2.24) is 10.3 Å². The summed E-state index contributed by atoms with van der Waals surface area (Å²) in [5.74, 6) is 0.0230. The first-order valence-corrected chi connectivity index (χ1v) is 6.67. The van der Waals surface area contributed by atoms with Gasteiger partial charge in [0, 0.05) is 24.4 Å². The maximum Gasteiger partial charge on any atom is 0.262 e. The number of nitrogens with one attached hydrogen (secondary N) is 1. The molecule has 0 spiro atoms. The summed E-state index contributed by atoms with van der Waals surface area (Å²) < 4.78 is 0. The SMILES string of the molecule is N#CC1=C(c2cccnc2)C2CCCCC2NC1=O. The third-order valence-corrected chi connectivity index (χ3v) is 4.03. The van der Waals surface area contributed by atoms with Crippen molar-refractivity contribution in [2.75, 3.05) is 0 Å². The van der Waals surface area contributed by atoms with Gasteiger partial charge in [-0.05, 0) is 30.0 Å². The van der Waals surface area contributed by atoms with E-state index in [9.17, 15) is 10.1 Å². The fourth-order valence-corrected chi connectivity index (χ4v) is 3.19. The van der Waals surface area contributed by atoms with E-state index in [-0.39, 0.29) is 23.4 Å². The molecule has 1 aliphatic carbocycles. The van der Waals surface area contributed by atoms with E-state index in [0.29, 0.717) is 0 Å². The smallest absolute Gasteiger partial charge is 0.262 e. The molecule has 2 aliphatic rings. The van der Waals surface area contributed by atoms with E-state index in [4.69, 9.17) is 0 Å². The highest BCUT2D eigenvalue weighted by atomic mass is 16.1. The van der Waals surface area contributed by atoms with Gasteiger partial charge in [-0.25, -0.2) is 0 Å². The van der Waals surface area contributed by atoms with Crippen molar-refractivity contribution in [2.45, 2.75) is 31.7 Å². The Balaban J connectivity index is 2.13. The zero-order chi connectivity index (χ0) is 13.2. The van der Waals surface area contributed by atoms with Crippen molar-refractivity contribution in [3.63, 3.8) is 0 Å². The lowest BCUT2D eigenvalue weighted by Gasteiger charge is -2.37. The lowest BCUT2D eigenvalue weighted by molar-refractivity contribution is -0.118. The Bertz CT molecular complexity index is 571. The van der Waals surface area contributed by atoms with Crippen LogP contribution in [0.4, 0.5) is 0 Å². The first kappa shape index (κ1) is 11.9. The molecule has 0 saturated heterocycles. The molecule has 1 fully saturated rings. The molecule has 2 unspecified atom stereocenters. The molecular weight excluding hydrogens is 238 g/mol. The van der Waals surface area contributed by atoms with E-state index < -0.39 is 0 Å². The second kappa shape index (κ2) is 4.85. The summed E-state index contributed by atoms with van der Waals surface area (Å²) in [6, 6.07) is 6.03. The molecular formula is C15H15N3O. The van der Waals surface area contributed by atoms with Crippen LogP contribution in [0.2, 0.25) is 0 Å². The normalized spacial score (nSPS) is 26.4. The van der Waals surface area contributed by atoms with Crippen LogP contribution in [0.25, 0.3) is 5.57 Å². The maximum absolute atomic E-state index is 12.1. The minimum atomic E-state index is -0.232. The highest BCUT2D eigenvalue weighted by Gasteiger charge is 2.37. The third kappa shape index (κ3) is 2.01. The number of nitriles is 1. The average Bonchev–Trinajstić information content (AvgIpc) is 2.46. The number of carbonyl (C=O) groups is 1. The summed E-state index contributed by atoms with van der Waals surface area (Å²) in [4.78, 5) is 16.2. The van der Waals surface area contributed by atoms with Crippen LogP contribution in [0.15, 0.2) is 30.1 Å². The number of hydrogen-bond acceptors (Lipinski definition) is 3. The van der Waals surface area contributed by atoms with Crippen LogP contribution in [0.3, 0.4) is 0 Å². The molecule has 0 radical (unpaired) electrons. The summed E-state index contributed by atoms with van der Waals surface area (Å²) in [5, 5.41) is 12.3. The lowest BCUT2D eigenvalue weighted by Crippen LogP contribution is -2.47. The Morgan fingerprint density at radius 1 is 1.37 bits per heavy atom. The molecule has 19 heavy (non-hydrogen) atoms. The Morgan fingerprint density at radius 3 is 2.95 bits per heavy atom. The number of amides is 1. The summed E-state index contributed by atoms with van der Waals surface area (Å²) >= 11 is 0. The highest BCUT2D eigenvalue weighted by Crippen LogP contribution is 2.39. The molecule has 96 valence electrons. The Morgan fingerprint density at radius 2 is 2.21 bits per heavy atom. The van der Waals surface area contributed by atoms with Crippen LogP contribution in [0.1, 0.15) is 31.2 Å². The van der Waals surface area contributed by atoms with Crippen molar-refractivity contribution in [3.8, 4) is 6.07 Å². The molecule has 1 aliphatic heterocycles. The van der Waals surface area contributed by atoms with Crippen LogP contribution < -0.4 is 5.32 Å². The fraction of sp³-hybridized carbons (Fsp3) is 0.400. The zero-order valence-corrected chi connectivity index (χ0v) is 10.6. The third-order valence-electron chi connectivity index (χ3n) is 4.03. The van der Waals surface area contributed by atoms with Gasteiger partial charge in [-0.15, -0.1) is 0 Å². The standard InChI is InChI=1S/C15H15N3O/c16-8-12-14(10-4-3-7-17-9-10)11-5-1-2-6-13(11)18-15(12)19/h3-4,7,9,11,13H,1-2,5-6H2,(H,18,19). The number of rotatable bonds is 1. The van der Waals surface area contributed by atoms with E-state index in [1.54, 1.807) is 12.4 Å². The van der Waals surface area contributed by atoms with Gasteiger partial charge in [0.05, 0.1) is 0 Å². The molecule has 0 aromatic carbocycles. The van der Waals surface area contributed by atoms with Crippen LogP contribution >= 0.6 is 0 Å². The quantitative estimate of drug-likeness (QED) is 0.833. The van der Waals surface area contributed by atoms with Gasteiger partial charge in [-0.1, -0.05) is 18.9 Å². The van der Waals surface area contributed by atoms with Crippen LogP contribution in [0, 0.1) is 17.2 Å². The predicted molar refractivity (Wildman–Crippen MR) is 70.7 cm³/mol. The lowest BCUT2D eigenvalue weighted by atomic mass is 9.73. The second-order valence-electron chi connectivity index (χ2n) is 5.11. The van der Waals surface area contributed by atoms with Gasteiger partial charge in [0.15, 0.2) is 0 Å². The van der Waals surface area contributed by atoms with Gasteiger partial charge in [-0.2, -0.15) is 5.26 Å². The van der Waals surface area contributed by atoms with Crippen molar-refractivity contribution in [3.05, 3.63) is 35.7 Å². The van der Waals surface area contributed by atoms with Gasteiger partial charge in [0.2, 0.25) is 0 Å². The Labute approximate surface area is 112 Å². The molecule has 1 saturated carbocycles. The Hall–Kier alpha value is -2.15. The molecule has 3 rings (SSSR count). The number of aromatic nitrogens is 1. The second-order valence-corrected chi connectivity index (χ2v) is 5.11. The topological polar surface area (TPSA) is 65.8 Å². The molecule has 4 nitrogen and oxygen atoms in total. The number of fused-ring (bicyclic) bond motifs is 1. The van der Waals surface area contributed by atoms with Crippen molar-refractivity contribution in [1.29, 1.82) is 5.26 Å². The van der Waals surface area contributed by atoms with Crippen LogP contribution in [-0.4, -0.2) is 16.9 Å². The van der Waals surface area contributed by atoms with E-state index >= 15 is 0 Å². The maximum atomic E-state index is 12.1. The van der Waals surface area contributed by atoms with Crippen molar-refractivity contribution in [2.24, 2.45) is 5.92 Å². The zero-order valence-electron chi connectivity index (χ0n) is 10.6. The van der Waals surface area contributed by atoms with E-state index in [1.165, 1.54) is 0 Å². The molecule has 1 N–H and O–H groups in total. The van der Waals surface area contributed by atoms with Gasteiger partial charge >= 0.3 is 0 Å². The molecule has 1 aromatic rings. The number of carbonyl (C=O) groups excluding carboxylic acids is 1. The first-order chi connectivity index (χ1) is 9.31. The molecule has 0 bridgehead atoms. The molecule has 4 heteroatoms. The monoisotopic (exact) mass is 253 g/mol. The van der Waals surface area contributed by atoms with Gasteiger partial charge < -0.3 is 5.32 Å². The minimum absolute atomic E-state index is 0.175. The fourth-order valence-electron chi connectivity index (χ4n) is 3.19. The number of nitrogens with zero attached hydrogens (tertiary/aromatic N) is 2. The average molecular weight is 253 g/mol. The van der Waals surface area contributed by atoms with Gasteiger partial charge in [0.1, 0.15) is 11.6 Å². The summed E-state index contributed by atoms with van der Waals surface area (Å²) in [6.07, 6.45) is 7.77. The first-order valence-electron chi connectivity index (χ1n) is 6.67. The van der Waals surface area contributed by atoms with Crippen LogP contribution in [-0.2, 0) is 4.79 Å². The highest BCUT2D eigenvalue weighted by molar-refractivity contribution is 6.07. The van der Waals surface area contributed by atoms with E-state index in [2.05, 4.69) is 16.4 Å². The van der Waals surface area contributed by atoms with Gasteiger partial charge in [0.25, 0.3) is 5.91 Å². The number of pyridine rings is 1. The Kier molecular flexibility index (Phi) is 3.04. The van der Waals surface area contributed by atoms with Gasteiger partial charge in [-0.3, -0.25) is 9.78 Å². The minimum Gasteiger partial charge on any atom is -0.348 e. The molecule has 2 atom stereocenters. The van der Waals surface area contributed by atoms with E-state index in [1.807, 2.05) is 12.1 Å². The summed E-state index contributed by atoms with van der Waals surface area (Å²) in [5.41, 5.74) is 2.06. The van der Waals surface area contributed by atoms with Crippen molar-refractivity contribution < 1.29 is 4.79 Å². The van der Waals surface area contributed by atoms with E-state index in [0.717, 1.165) is 36.8 Å². The summed E-state index contributed by atoms with van der Waals surface area (Å²) in [7, 11) is 0. The van der Waals surface area contributed by atoms with Crippen molar-refractivity contribution >= 4 is 11.5 Å². The predicted octanol–water partition coefficient (Wildman–Crippen LogP) is 2.05. The number of hydrogen-bond donors (Lipinski definition) is 1. The molecule has 2 heterocycles. The molecule has 1 amide bonds. The largest absolute Gasteiger partial charge is 0.348 e. The van der Waals surface area contributed by atoms with Crippen LogP contribution in [0.5, 0.6) is 0 Å². The summed E-state index contributed by atoms with van der Waals surface area (Å²) in [6.45, 7) is 0.